The van der Waals surface area contributed by atoms with E-state index in [9.17, 15) is 14.7 Å². The Labute approximate surface area is 69.8 Å². The lowest BCUT2D eigenvalue weighted by Crippen LogP contribution is -2.16. The van der Waals surface area contributed by atoms with E-state index in [0.29, 0.717) is 0 Å². The molecule has 1 N–H and O–H groups in total. The van der Waals surface area contributed by atoms with Gasteiger partial charge in [0, 0.05) is 0 Å². The summed E-state index contributed by atoms with van der Waals surface area (Å²) < 4.78 is 0. The summed E-state index contributed by atoms with van der Waals surface area (Å²) in [6.45, 7) is 2.66. The zero-order valence-corrected chi connectivity index (χ0v) is 6.83. The molecule has 0 saturated heterocycles. The SMILES string of the molecule is CC(=O)/C=C\C(C)=C(\[O-])C(=O)O. The van der Waals surface area contributed by atoms with Crippen LogP contribution >= 0.6 is 0 Å². The summed E-state index contributed by atoms with van der Waals surface area (Å²) in [5.41, 5.74) is 0.0395. The quantitative estimate of drug-likeness (QED) is 0.362. The van der Waals surface area contributed by atoms with Gasteiger partial charge in [0.05, 0.1) is 0 Å². The molecular formula is C8H9O4-. The van der Waals surface area contributed by atoms with Crippen molar-refractivity contribution in [1.82, 2.24) is 0 Å². The van der Waals surface area contributed by atoms with E-state index >= 15 is 0 Å². The molecule has 0 unspecified atom stereocenters. The highest BCUT2D eigenvalue weighted by atomic mass is 16.4. The van der Waals surface area contributed by atoms with Crippen molar-refractivity contribution in [2.75, 3.05) is 0 Å². The van der Waals surface area contributed by atoms with Crippen LogP contribution in [0.5, 0.6) is 0 Å². The smallest absolute Gasteiger partial charge is 0.320 e. The fourth-order valence-electron chi connectivity index (χ4n) is 0.487. The minimum atomic E-state index is -1.51. The number of aliphatic carboxylic acids is 1. The van der Waals surface area contributed by atoms with Crippen LogP contribution < -0.4 is 5.11 Å². The Balaban J connectivity index is 4.58. The highest BCUT2D eigenvalue weighted by Crippen LogP contribution is 1.99. The molecule has 0 aromatic heterocycles. The van der Waals surface area contributed by atoms with Crippen molar-refractivity contribution < 1.29 is 19.8 Å². The lowest BCUT2D eigenvalue weighted by molar-refractivity contribution is -0.303. The van der Waals surface area contributed by atoms with Gasteiger partial charge < -0.3 is 10.2 Å². The summed E-state index contributed by atoms with van der Waals surface area (Å²) in [5, 5.41) is 18.9. The monoisotopic (exact) mass is 169 g/mol. The predicted molar refractivity (Wildman–Crippen MR) is 40.2 cm³/mol. The van der Waals surface area contributed by atoms with E-state index in [1.54, 1.807) is 0 Å². The Morgan fingerprint density at radius 3 is 2.08 bits per heavy atom. The third-order valence-electron chi connectivity index (χ3n) is 1.12. The molecule has 0 bridgehead atoms. The molecule has 0 radical (unpaired) electrons. The minimum absolute atomic E-state index is 0.0395. The van der Waals surface area contributed by atoms with E-state index in [-0.39, 0.29) is 11.4 Å². The summed E-state index contributed by atoms with van der Waals surface area (Å²) in [4.78, 5) is 20.5. The highest BCUT2D eigenvalue weighted by Gasteiger charge is 1.95. The number of carbonyl (C=O) groups excluding carboxylic acids is 1. The van der Waals surface area contributed by atoms with Crippen molar-refractivity contribution >= 4 is 11.8 Å². The molecule has 0 heterocycles. The predicted octanol–water partition coefficient (Wildman–Crippen LogP) is -0.150. The van der Waals surface area contributed by atoms with Crippen LogP contribution in [0.2, 0.25) is 0 Å². The van der Waals surface area contributed by atoms with Gasteiger partial charge in [0.15, 0.2) is 5.78 Å². The second kappa shape index (κ2) is 4.33. The third kappa shape index (κ3) is 3.55. The van der Waals surface area contributed by atoms with Gasteiger partial charge in [-0.3, -0.25) is 4.79 Å². The van der Waals surface area contributed by atoms with Crippen LogP contribution in [0.1, 0.15) is 13.8 Å². The van der Waals surface area contributed by atoms with Crippen molar-refractivity contribution in [2.45, 2.75) is 13.8 Å². The van der Waals surface area contributed by atoms with E-state index in [0.717, 1.165) is 6.08 Å². The molecule has 0 aliphatic carbocycles. The second-order valence-corrected chi connectivity index (χ2v) is 2.26. The number of hydrogen-bond donors (Lipinski definition) is 1. The molecule has 0 atom stereocenters. The largest absolute Gasteiger partial charge is 0.867 e. The van der Waals surface area contributed by atoms with Crippen molar-refractivity contribution in [3.8, 4) is 0 Å². The van der Waals surface area contributed by atoms with Crippen LogP contribution in [0, 0.1) is 0 Å². The molecule has 0 saturated carbocycles. The first-order chi connectivity index (χ1) is 5.45. The first-order valence-electron chi connectivity index (χ1n) is 3.25. The van der Waals surface area contributed by atoms with Gasteiger partial charge in [-0.1, -0.05) is 11.6 Å². The molecular weight excluding hydrogens is 160 g/mol. The maximum absolute atomic E-state index is 10.7. The van der Waals surface area contributed by atoms with Crippen LogP contribution in [0.3, 0.4) is 0 Å². The fraction of sp³-hybridized carbons (Fsp3) is 0.250. The second-order valence-electron chi connectivity index (χ2n) is 2.26. The Bertz CT molecular complexity index is 260. The van der Waals surface area contributed by atoms with Crippen molar-refractivity contribution in [3.63, 3.8) is 0 Å². The average molecular weight is 169 g/mol. The average Bonchev–Trinajstić information content (AvgIpc) is 1.98. The van der Waals surface area contributed by atoms with E-state index in [1.165, 1.54) is 19.9 Å². The number of hydrogen-bond acceptors (Lipinski definition) is 3. The Morgan fingerprint density at radius 2 is 1.75 bits per heavy atom. The van der Waals surface area contributed by atoms with Gasteiger partial charge >= 0.3 is 5.97 Å². The van der Waals surface area contributed by atoms with Crippen LogP contribution in [-0.4, -0.2) is 16.9 Å². The van der Waals surface area contributed by atoms with Gasteiger partial charge in [0.25, 0.3) is 0 Å². The minimum Gasteiger partial charge on any atom is -0.867 e. The van der Waals surface area contributed by atoms with Gasteiger partial charge in [0.2, 0.25) is 0 Å². The van der Waals surface area contributed by atoms with Crippen molar-refractivity contribution in [2.24, 2.45) is 0 Å². The number of rotatable bonds is 3. The Kier molecular flexibility index (Phi) is 3.76. The van der Waals surface area contributed by atoms with Gasteiger partial charge in [-0.2, -0.15) is 0 Å². The van der Waals surface area contributed by atoms with E-state index in [1.807, 2.05) is 0 Å². The number of carboxylic acid groups (broad SMARTS) is 1. The lowest BCUT2D eigenvalue weighted by Gasteiger charge is -2.07. The van der Waals surface area contributed by atoms with E-state index < -0.39 is 11.7 Å². The highest BCUT2D eigenvalue weighted by molar-refractivity contribution is 5.89. The standard InChI is InChI=1S/C8H10O4/c1-5(3-4-6(2)9)7(10)8(11)12/h3-4,10H,1-2H3,(H,11,12)/p-1/b4-3-,7-5+. The summed E-state index contributed by atoms with van der Waals surface area (Å²) in [7, 11) is 0. The van der Waals surface area contributed by atoms with Crippen LogP contribution in [0.15, 0.2) is 23.5 Å². The molecule has 12 heavy (non-hydrogen) atoms. The Hall–Kier alpha value is -1.58. The number of carbonyl (C=O) groups is 2. The van der Waals surface area contributed by atoms with Crippen LogP contribution in [0.25, 0.3) is 0 Å². The zero-order valence-electron chi connectivity index (χ0n) is 6.83. The van der Waals surface area contributed by atoms with Crippen molar-refractivity contribution in [1.29, 1.82) is 0 Å². The molecule has 66 valence electrons. The molecule has 4 nitrogen and oxygen atoms in total. The van der Waals surface area contributed by atoms with Gasteiger partial charge in [-0.15, -0.1) is 0 Å². The molecule has 4 heteroatoms. The van der Waals surface area contributed by atoms with Crippen LogP contribution in [0.4, 0.5) is 0 Å². The molecule has 0 aromatic rings. The molecule has 0 fully saturated rings. The first kappa shape index (κ1) is 10.4. The van der Waals surface area contributed by atoms with E-state index in [2.05, 4.69) is 0 Å². The molecule has 0 aliphatic heterocycles. The molecule has 0 spiro atoms. The normalized spacial score (nSPS) is 12.8. The summed E-state index contributed by atoms with van der Waals surface area (Å²) >= 11 is 0. The summed E-state index contributed by atoms with van der Waals surface area (Å²) in [6, 6.07) is 0. The van der Waals surface area contributed by atoms with Crippen molar-refractivity contribution in [3.05, 3.63) is 23.5 Å². The maximum Gasteiger partial charge on any atom is 0.320 e. The molecule has 0 rings (SSSR count). The molecule has 0 aromatic carbocycles. The molecule has 0 aliphatic rings. The Morgan fingerprint density at radius 1 is 1.25 bits per heavy atom. The first-order valence-corrected chi connectivity index (χ1v) is 3.25. The fourth-order valence-corrected chi connectivity index (χ4v) is 0.487. The van der Waals surface area contributed by atoms with Gasteiger partial charge in [0.1, 0.15) is 0 Å². The van der Waals surface area contributed by atoms with Gasteiger partial charge in [-0.05, 0) is 25.7 Å². The lowest BCUT2D eigenvalue weighted by atomic mass is 10.2. The third-order valence-corrected chi connectivity index (χ3v) is 1.12. The number of ketones is 1. The van der Waals surface area contributed by atoms with E-state index in [4.69, 9.17) is 5.11 Å². The summed E-state index contributed by atoms with van der Waals surface area (Å²) in [6.07, 6.45) is 2.34. The number of allylic oxidation sites excluding steroid dienone is 3. The van der Waals surface area contributed by atoms with Crippen LogP contribution in [-0.2, 0) is 9.59 Å². The van der Waals surface area contributed by atoms with Gasteiger partial charge in [-0.25, -0.2) is 4.79 Å². The molecule has 0 amide bonds. The maximum atomic E-state index is 10.7. The summed E-state index contributed by atoms with van der Waals surface area (Å²) in [5.74, 6) is -2.74. The number of carboxylic acids is 1. The topological polar surface area (TPSA) is 77.4 Å². The zero-order chi connectivity index (χ0) is 9.72.